The number of ether oxygens (including phenoxy) is 3. The van der Waals surface area contributed by atoms with Gasteiger partial charge in [-0.25, -0.2) is 9.59 Å². The molecule has 1 amide bonds. The molecule has 0 aliphatic heterocycles. The zero-order valence-electron chi connectivity index (χ0n) is 25.2. The molecule has 0 spiro atoms. The van der Waals surface area contributed by atoms with Crippen LogP contribution in [0.15, 0.2) is 42.5 Å². The highest BCUT2D eigenvalue weighted by molar-refractivity contribution is 5.92. The van der Waals surface area contributed by atoms with Crippen molar-refractivity contribution in [2.75, 3.05) is 7.11 Å². The third-order valence-corrected chi connectivity index (χ3v) is 6.35. The Bertz CT molecular complexity index is 1350. The molecule has 40 heavy (non-hydrogen) atoms. The van der Waals surface area contributed by atoms with Crippen molar-refractivity contribution < 1.29 is 23.8 Å². The molecule has 0 bridgehead atoms. The van der Waals surface area contributed by atoms with Gasteiger partial charge in [0.15, 0.2) is 0 Å². The minimum absolute atomic E-state index is 0.177. The molecule has 0 saturated heterocycles. The van der Waals surface area contributed by atoms with E-state index in [1.807, 2.05) is 47.6 Å². The fourth-order valence-corrected chi connectivity index (χ4v) is 4.50. The van der Waals surface area contributed by atoms with Gasteiger partial charge in [0.05, 0.1) is 7.11 Å². The van der Waals surface area contributed by atoms with Gasteiger partial charge in [-0.1, -0.05) is 55.3 Å². The molecular weight excluding hydrogens is 504 g/mol. The van der Waals surface area contributed by atoms with Crippen molar-refractivity contribution in [3.8, 4) is 16.9 Å². The van der Waals surface area contributed by atoms with Crippen LogP contribution in [0.2, 0.25) is 0 Å². The molecular formula is C33H42N2O5. The molecule has 7 heteroatoms. The maximum atomic E-state index is 12.7. The summed E-state index contributed by atoms with van der Waals surface area (Å²) < 4.78 is 16.8. The van der Waals surface area contributed by atoms with Crippen LogP contribution in [0.4, 0.5) is 4.79 Å². The van der Waals surface area contributed by atoms with Crippen molar-refractivity contribution in [2.24, 2.45) is 5.92 Å². The fraction of sp³-hybridized carbons (Fsp3) is 0.424. The topological polar surface area (TPSA) is 86.8 Å². The lowest BCUT2D eigenvalue weighted by Crippen LogP contribution is -2.32. The van der Waals surface area contributed by atoms with Crippen LogP contribution in [-0.4, -0.2) is 29.8 Å². The molecule has 0 radical (unpaired) electrons. The Balaban J connectivity index is 2.14. The molecule has 0 unspecified atom stereocenters. The Hall–Kier alpha value is -3.87. The number of amides is 1. The smallest absolute Gasteiger partial charge is 0.407 e. The first-order chi connectivity index (χ1) is 18.8. The van der Waals surface area contributed by atoms with E-state index < -0.39 is 17.7 Å². The molecule has 0 atom stereocenters. The van der Waals surface area contributed by atoms with Gasteiger partial charge in [0.2, 0.25) is 0 Å². The molecule has 0 fully saturated rings. The number of hydrogen-bond acceptors (Lipinski definition) is 6. The standard InChI is InChI=1S/C33H42N2O5/c1-20(2)16-28-26(18-34-32(37)40-33(6,7)8)30(24-13-10-21(3)11-14-24)27(23(5)35-28)19-39-29-15-12-22(4)17-25(29)31(36)38-9/h10-15,17,20H,16,18-19H2,1-9H3,(H,34,37). The van der Waals surface area contributed by atoms with E-state index in [2.05, 4.69) is 43.4 Å². The zero-order valence-corrected chi connectivity index (χ0v) is 25.2. The Morgan fingerprint density at radius 3 is 2.20 bits per heavy atom. The Morgan fingerprint density at radius 2 is 1.60 bits per heavy atom. The van der Waals surface area contributed by atoms with Crippen LogP contribution in [0.3, 0.4) is 0 Å². The zero-order chi connectivity index (χ0) is 29.6. The number of pyridine rings is 1. The van der Waals surface area contributed by atoms with Crippen molar-refractivity contribution >= 4 is 12.1 Å². The van der Waals surface area contributed by atoms with Gasteiger partial charge in [0.1, 0.15) is 23.5 Å². The lowest BCUT2D eigenvalue weighted by atomic mass is 9.90. The SMILES string of the molecule is COC(=O)c1cc(C)ccc1OCc1c(C)nc(CC(C)C)c(CNC(=O)OC(C)(C)C)c1-c1ccc(C)cc1. The van der Waals surface area contributed by atoms with E-state index in [-0.39, 0.29) is 13.2 Å². The van der Waals surface area contributed by atoms with Crippen molar-refractivity contribution in [3.05, 3.63) is 81.7 Å². The van der Waals surface area contributed by atoms with Crippen LogP contribution in [-0.2, 0) is 29.0 Å². The van der Waals surface area contributed by atoms with Crippen molar-refractivity contribution in [1.82, 2.24) is 10.3 Å². The molecule has 0 aliphatic rings. The Kier molecular flexibility index (Phi) is 9.96. The number of nitrogens with zero attached hydrogens (tertiary/aromatic N) is 1. The van der Waals surface area contributed by atoms with Gasteiger partial charge in [0, 0.05) is 29.1 Å². The van der Waals surface area contributed by atoms with E-state index in [1.54, 1.807) is 12.1 Å². The number of methoxy groups -OCH3 is 1. The first-order valence-electron chi connectivity index (χ1n) is 13.7. The van der Waals surface area contributed by atoms with Crippen molar-refractivity contribution in [3.63, 3.8) is 0 Å². The first kappa shape index (κ1) is 30.7. The van der Waals surface area contributed by atoms with Crippen LogP contribution in [0.25, 0.3) is 11.1 Å². The number of benzene rings is 2. The van der Waals surface area contributed by atoms with Gasteiger partial charge in [0.25, 0.3) is 0 Å². The number of alkyl carbamates (subject to hydrolysis) is 1. The van der Waals surface area contributed by atoms with Gasteiger partial charge in [-0.2, -0.15) is 0 Å². The van der Waals surface area contributed by atoms with E-state index in [0.717, 1.165) is 51.2 Å². The average Bonchev–Trinajstić information content (AvgIpc) is 2.86. The molecule has 1 aromatic heterocycles. The van der Waals surface area contributed by atoms with Crippen molar-refractivity contribution in [2.45, 2.75) is 80.6 Å². The number of aryl methyl sites for hydroxylation is 3. The van der Waals surface area contributed by atoms with E-state index >= 15 is 0 Å². The van der Waals surface area contributed by atoms with Crippen molar-refractivity contribution in [1.29, 1.82) is 0 Å². The molecule has 1 N–H and O–H groups in total. The Morgan fingerprint density at radius 1 is 0.950 bits per heavy atom. The quantitative estimate of drug-likeness (QED) is 0.284. The largest absolute Gasteiger partial charge is 0.488 e. The molecule has 3 aromatic rings. The first-order valence-corrected chi connectivity index (χ1v) is 13.7. The highest BCUT2D eigenvalue weighted by atomic mass is 16.6. The van der Waals surface area contributed by atoms with Crippen LogP contribution < -0.4 is 10.1 Å². The minimum Gasteiger partial charge on any atom is -0.488 e. The summed E-state index contributed by atoms with van der Waals surface area (Å²) in [6.07, 6.45) is 0.259. The number of carbonyl (C=O) groups excluding carboxylic acids is 2. The molecule has 3 rings (SSSR count). The summed E-state index contributed by atoms with van der Waals surface area (Å²) in [6, 6.07) is 13.7. The predicted molar refractivity (Wildman–Crippen MR) is 158 cm³/mol. The lowest BCUT2D eigenvalue weighted by molar-refractivity contribution is 0.0522. The third kappa shape index (κ3) is 8.07. The molecule has 1 heterocycles. The number of aromatic nitrogens is 1. The molecule has 0 aliphatic carbocycles. The summed E-state index contributed by atoms with van der Waals surface area (Å²) in [6.45, 7) is 16.2. The summed E-state index contributed by atoms with van der Waals surface area (Å²) in [5.41, 5.74) is 7.36. The normalized spacial score (nSPS) is 11.3. The molecule has 0 saturated carbocycles. The summed E-state index contributed by atoms with van der Waals surface area (Å²) in [5.74, 6) is 0.337. The number of carbonyl (C=O) groups is 2. The number of nitrogens with one attached hydrogen (secondary N) is 1. The number of rotatable bonds is 9. The van der Waals surface area contributed by atoms with Crippen LogP contribution in [0, 0.1) is 26.7 Å². The van der Waals surface area contributed by atoms with Crippen LogP contribution >= 0.6 is 0 Å². The van der Waals surface area contributed by atoms with E-state index in [4.69, 9.17) is 19.2 Å². The van der Waals surface area contributed by atoms with Gasteiger partial charge < -0.3 is 19.5 Å². The number of esters is 1. The van der Waals surface area contributed by atoms with Gasteiger partial charge >= 0.3 is 12.1 Å². The van der Waals surface area contributed by atoms with Gasteiger partial charge in [-0.3, -0.25) is 4.98 Å². The van der Waals surface area contributed by atoms with E-state index in [1.165, 1.54) is 7.11 Å². The third-order valence-electron chi connectivity index (χ3n) is 6.35. The molecule has 7 nitrogen and oxygen atoms in total. The molecule has 214 valence electrons. The maximum absolute atomic E-state index is 12.7. The highest BCUT2D eigenvalue weighted by Crippen LogP contribution is 2.34. The lowest BCUT2D eigenvalue weighted by Gasteiger charge is -2.24. The summed E-state index contributed by atoms with van der Waals surface area (Å²) in [4.78, 5) is 30.1. The fourth-order valence-electron chi connectivity index (χ4n) is 4.50. The monoisotopic (exact) mass is 546 g/mol. The average molecular weight is 547 g/mol. The Labute approximate surface area is 238 Å². The van der Waals surface area contributed by atoms with Gasteiger partial charge in [-0.05, 0) is 77.1 Å². The van der Waals surface area contributed by atoms with E-state index in [0.29, 0.717) is 17.2 Å². The second-order valence-electron chi connectivity index (χ2n) is 11.6. The summed E-state index contributed by atoms with van der Waals surface area (Å²) >= 11 is 0. The van der Waals surface area contributed by atoms with Crippen LogP contribution in [0.5, 0.6) is 5.75 Å². The van der Waals surface area contributed by atoms with Gasteiger partial charge in [-0.15, -0.1) is 0 Å². The molecule has 2 aromatic carbocycles. The second kappa shape index (κ2) is 13.0. The summed E-state index contributed by atoms with van der Waals surface area (Å²) in [7, 11) is 1.36. The number of hydrogen-bond donors (Lipinski definition) is 1. The second-order valence-corrected chi connectivity index (χ2v) is 11.6. The highest BCUT2D eigenvalue weighted by Gasteiger charge is 2.23. The summed E-state index contributed by atoms with van der Waals surface area (Å²) in [5, 5.41) is 2.95. The maximum Gasteiger partial charge on any atom is 0.407 e. The van der Waals surface area contributed by atoms with E-state index in [9.17, 15) is 9.59 Å². The predicted octanol–water partition coefficient (Wildman–Crippen LogP) is 7.26. The minimum atomic E-state index is -0.611. The van der Waals surface area contributed by atoms with Crippen LogP contribution in [0.1, 0.15) is 78.6 Å².